The molecule has 5 heteroatoms. The molecule has 4 rings (SSSR count). The lowest BCUT2D eigenvalue weighted by Crippen LogP contribution is -2.54. The first-order chi connectivity index (χ1) is 13.5. The lowest BCUT2D eigenvalue weighted by Gasteiger charge is -2.41. The summed E-state index contributed by atoms with van der Waals surface area (Å²) in [4.78, 5) is 17.4. The minimum atomic E-state index is -0.625. The molecule has 2 aromatic rings. The molecule has 2 atom stereocenters. The molecule has 0 unspecified atom stereocenters. The Morgan fingerprint density at radius 1 is 1.29 bits per heavy atom. The molecule has 0 amide bonds. The van der Waals surface area contributed by atoms with Crippen LogP contribution < -0.4 is 4.74 Å². The number of benzene rings is 2. The number of fused-ring (bicyclic) bond motifs is 1. The number of thioether (sulfide) groups is 1. The predicted octanol–water partition coefficient (Wildman–Crippen LogP) is 5.60. The van der Waals surface area contributed by atoms with Gasteiger partial charge >= 0.3 is 0 Å². The molecule has 148 valence electrons. The van der Waals surface area contributed by atoms with Gasteiger partial charge in [0.05, 0.1) is 5.56 Å². The summed E-state index contributed by atoms with van der Waals surface area (Å²) in [5.41, 5.74) is 1.77. The Balaban J connectivity index is 1.70. The number of hydrogen-bond donors (Lipinski definition) is 0. The molecule has 1 saturated heterocycles. The molecule has 1 fully saturated rings. The molecule has 2 aliphatic rings. The number of likely N-dealkylation sites (tertiary alicyclic amines) is 1. The van der Waals surface area contributed by atoms with Crippen molar-refractivity contribution in [1.82, 2.24) is 4.90 Å². The van der Waals surface area contributed by atoms with E-state index in [0.29, 0.717) is 23.8 Å². The average molecular weight is 460 g/mol. The number of ether oxygens (including phenoxy) is 1. The fraction of sp³-hybridized carbons (Fsp3) is 0.435. The third-order valence-electron chi connectivity index (χ3n) is 5.66. The van der Waals surface area contributed by atoms with E-state index in [-0.39, 0.29) is 5.78 Å². The number of Topliss-reactive ketones (excluding diaryl/α,β-unsaturated/α-hetero) is 1. The summed E-state index contributed by atoms with van der Waals surface area (Å²) in [6.45, 7) is 7.56. The number of ketones is 1. The van der Waals surface area contributed by atoms with E-state index < -0.39 is 4.75 Å². The summed E-state index contributed by atoms with van der Waals surface area (Å²) in [7, 11) is 0. The Hall–Kier alpha value is -1.30. The van der Waals surface area contributed by atoms with Gasteiger partial charge in [0.1, 0.15) is 17.1 Å². The van der Waals surface area contributed by atoms with Crippen molar-refractivity contribution in [2.24, 2.45) is 5.92 Å². The SMILES string of the molecule is Cc1cc2c(cc1Br)C(=O)[C@@](CN1CCC[C@H](C)C1)(Sc1ccccc1)CO2. The molecule has 0 N–H and O–H groups in total. The second-order valence-electron chi connectivity index (χ2n) is 8.11. The second-order valence-corrected chi connectivity index (χ2v) is 10.4. The highest BCUT2D eigenvalue weighted by Crippen LogP contribution is 2.43. The number of carbonyl (C=O) groups excluding carboxylic acids is 1. The Bertz CT molecular complexity index is 872. The Morgan fingerprint density at radius 2 is 2.07 bits per heavy atom. The van der Waals surface area contributed by atoms with E-state index in [0.717, 1.165) is 34.6 Å². The van der Waals surface area contributed by atoms with Crippen LogP contribution in [0.25, 0.3) is 0 Å². The van der Waals surface area contributed by atoms with E-state index in [9.17, 15) is 4.79 Å². The van der Waals surface area contributed by atoms with Crippen LogP contribution in [-0.2, 0) is 0 Å². The lowest BCUT2D eigenvalue weighted by atomic mass is 9.91. The van der Waals surface area contributed by atoms with Crippen LogP contribution in [0.3, 0.4) is 0 Å². The number of aryl methyl sites for hydroxylation is 1. The fourth-order valence-electron chi connectivity index (χ4n) is 4.19. The zero-order valence-electron chi connectivity index (χ0n) is 16.4. The van der Waals surface area contributed by atoms with Gasteiger partial charge in [0.15, 0.2) is 5.78 Å². The molecule has 2 aliphatic heterocycles. The van der Waals surface area contributed by atoms with Crippen molar-refractivity contribution in [3.8, 4) is 5.75 Å². The van der Waals surface area contributed by atoms with E-state index >= 15 is 0 Å². The van der Waals surface area contributed by atoms with Gasteiger partial charge in [0.25, 0.3) is 0 Å². The predicted molar refractivity (Wildman–Crippen MR) is 119 cm³/mol. The topological polar surface area (TPSA) is 29.5 Å². The van der Waals surface area contributed by atoms with E-state index in [2.05, 4.69) is 39.9 Å². The molecule has 0 aromatic heterocycles. The molecule has 0 bridgehead atoms. The van der Waals surface area contributed by atoms with Crippen molar-refractivity contribution in [2.45, 2.75) is 36.3 Å². The van der Waals surface area contributed by atoms with Crippen LogP contribution in [0.1, 0.15) is 35.7 Å². The third-order valence-corrected chi connectivity index (χ3v) is 7.84. The maximum Gasteiger partial charge on any atom is 0.187 e. The maximum atomic E-state index is 13.8. The molecule has 0 saturated carbocycles. The molecule has 0 spiro atoms. The molecule has 2 heterocycles. The van der Waals surface area contributed by atoms with Gasteiger partial charge in [-0.3, -0.25) is 4.79 Å². The molecule has 2 aromatic carbocycles. The van der Waals surface area contributed by atoms with Gasteiger partial charge in [-0.05, 0) is 62.1 Å². The Labute approximate surface area is 180 Å². The van der Waals surface area contributed by atoms with Crippen molar-refractivity contribution in [1.29, 1.82) is 0 Å². The monoisotopic (exact) mass is 459 g/mol. The summed E-state index contributed by atoms with van der Waals surface area (Å²) in [5.74, 6) is 1.57. The molecule has 3 nitrogen and oxygen atoms in total. The summed E-state index contributed by atoms with van der Waals surface area (Å²) >= 11 is 5.24. The number of carbonyl (C=O) groups is 1. The highest BCUT2D eigenvalue weighted by molar-refractivity contribution is 9.10. The van der Waals surface area contributed by atoms with Crippen molar-refractivity contribution in [3.63, 3.8) is 0 Å². The van der Waals surface area contributed by atoms with Crippen LogP contribution in [0.15, 0.2) is 51.8 Å². The number of nitrogens with zero attached hydrogens (tertiary/aromatic N) is 1. The van der Waals surface area contributed by atoms with Crippen molar-refractivity contribution >= 4 is 33.5 Å². The first kappa shape index (κ1) is 20.0. The first-order valence-electron chi connectivity index (χ1n) is 9.91. The van der Waals surface area contributed by atoms with Gasteiger partial charge in [0.2, 0.25) is 0 Å². The van der Waals surface area contributed by atoms with E-state index in [1.54, 1.807) is 11.8 Å². The van der Waals surface area contributed by atoms with Crippen LogP contribution in [0.4, 0.5) is 0 Å². The van der Waals surface area contributed by atoms with Crippen LogP contribution in [0.2, 0.25) is 0 Å². The standard InChI is InChI=1S/C23H26BrNO2S/c1-16-7-6-10-25(13-16)14-23(28-18-8-4-3-5-9-18)15-27-21-11-17(2)20(24)12-19(21)22(23)26/h3-5,8-9,11-12,16H,6-7,10,13-15H2,1-2H3/t16-,23-/m0/s1. The molecule has 28 heavy (non-hydrogen) atoms. The van der Waals surface area contributed by atoms with Crippen molar-refractivity contribution < 1.29 is 9.53 Å². The van der Waals surface area contributed by atoms with Crippen LogP contribution >= 0.6 is 27.7 Å². The van der Waals surface area contributed by atoms with Crippen molar-refractivity contribution in [2.75, 3.05) is 26.2 Å². The number of halogens is 1. The third kappa shape index (κ3) is 4.03. The minimum absolute atomic E-state index is 0.182. The number of rotatable bonds is 4. The molecular weight excluding hydrogens is 434 g/mol. The largest absolute Gasteiger partial charge is 0.491 e. The van der Waals surface area contributed by atoms with Crippen molar-refractivity contribution in [3.05, 3.63) is 58.1 Å². The number of piperidine rings is 1. The quantitative estimate of drug-likeness (QED) is 0.595. The Kier molecular flexibility index (Phi) is 5.86. The second kappa shape index (κ2) is 8.21. The zero-order valence-corrected chi connectivity index (χ0v) is 18.8. The summed E-state index contributed by atoms with van der Waals surface area (Å²) < 4.78 is 6.53. The zero-order chi connectivity index (χ0) is 19.7. The number of hydrogen-bond acceptors (Lipinski definition) is 4. The lowest BCUT2D eigenvalue weighted by molar-refractivity contribution is 0.0786. The van der Waals surface area contributed by atoms with E-state index in [4.69, 9.17) is 4.74 Å². The Morgan fingerprint density at radius 3 is 2.82 bits per heavy atom. The van der Waals surface area contributed by atoms with Gasteiger partial charge in [0, 0.05) is 22.5 Å². The van der Waals surface area contributed by atoms with E-state index in [1.807, 2.05) is 37.3 Å². The van der Waals surface area contributed by atoms with Gasteiger partial charge in [-0.15, -0.1) is 11.8 Å². The normalized spacial score (nSPS) is 25.2. The van der Waals surface area contributed by atoms with Crippen LogP contribution in [0, 0.1) is 12.8 Å². The molecule has 0 radical (unpaired) electrons. The van der Waals surface area contributed by atoms with Crippen LogP contribution in [-0.4, -0.2) is 41.7 Å². The summed E-state index contributed by atoms with van der Waals surface area (Å²) in [6.07, 6.45) is 2.47. The molecular formula is C23H26BrNO2S. The van der Waals surface area contributed by atoms with E-state index in [1.165, 1.54) is 12.8 Å². The first-order valence-corrected chi connectivity index (χ1v) is 11.5. The highest BCUT2D eigenvalue weighted by atomic mass is 79.9. The van der Waals surface area contributed by atoms with Gasteiger partial charge in [-0.2, -0.15) is 0 Å². The fourth-order valence-corrected chi connectivity index (χ4v) is 5.84. The summed E-state index contributed by atoms with van der Waals surface area (Å²) in [6, 6.07) is 14.1. The maximum absolute atomic E-state index is 13.8. The van der Waals surface area contributed by atoms with Gasteiger partial charge < -0.3 is 9.64 Å². The smallest absolute Gasteiger partial charge is 0.187 e. The molecule has 0 aliphatic carbocycles. The van der Waals surface area contributed by atoms with Gasteiger partial charge in [-0.25, -0.2) is 0 Å². The van der Waals surface area contributed by atoms with Crippen LogP contribution in [0.5, 0.6) is 5.75 Å². The summed E-state index contributed by atoms with van der Waals surface area (Å²) in [5, 5.41) is 0. The minimum Gasteiger partial charge on any atom is -0.491 e. The van der Waals surface area contributed by atoms with Gasteiger partial charge in [-0.1, -0.05) is 41.1 Å². The highest BCUT2D eigenvalue weighted by Gasteiger charge is 2.47. The average Bonchev–Trinajstić information content (AvgIpc) is 2.68.